The van der Waals surface area contributed by atoms with Crippen molar-refractivity contribution in [2.24, 2.45) is 5.41 Å². The molecule has 0 N–H and O–H groups in total. The predicted molar refractivity (Wildman–Crippen MR) is 141 cm³/mol. The molecule has 1 atom stereocenters. The fourth-order valence-corrected chi connectivity index (χ4v) is 7.40. The third kappa shape index (κ3) is 6.97. The summed E-state index contributed by atoms with van der Waals surface area (Å²) >= 11 is 0.493. The molecule has 0 saturated carbocycles. The minimum absolute atomic E-state index is 0.177. The van der Waals surface area contributed by atoms with Gasteiger partial charge in [0.15, 0.2) is 0 Å². The van der Waals surface area contributed by atoms with Gasteiger partial charge < -0.3 is 0 Å². The number of hydrogen-bond donors (Lipinski definition) is 0. The Labute approximate surface area is 198 Å². The summed E-state index contributed by atoms with van der Waals surface area (Å²) in [6.45, 7) is 8.87. The van der Waals surface area contributed by atoms with Crippen molar-refractivity contribution < 1.29 is 0 Å². The summed E-state index contributed by atoms with van der Waals surface area (Å²) in [4.78, 5) is 0. The number of allylic oxidation sites excluding steroid dienone is 2. The quantitative estimate of drug-likeness (QED) is 0.134. The third-order valence-electron chi connectivity index (χ3n) is 7.18. The number of unbranched alkanes of at least 4 members (excludes halogenated alkanes) is 10. The molecule has 1 aromatic carbocycles. The van der Waals surface area contributed by atoms with Crippen LogP contribution < -0.4 is 0 Å². The van der Waals surface area contributed by atoms with E-state index in [2.05, 4.69) is 56.9 Å². The van der Waals surface area contributed by atoms with Gasteiger partial charge in [-0.1, -0.05) is 0 Å². The monoisotopic (exact) mass is 484 g/mol. The molecular weight excluding hydrogens is 439 g/mol. The zero-order valence-corrected chi connectivity index (χ0v) is 21.9. The van der Waals surface area contributed by atoms with Gasteiger partial charge in [0.25, 0.3) is 0 Å². The molecule has 1 unspecified atom stereocenters. The Balaban J connectivity index is 1.62. The molecule has 0 nitrogen and oxygen atoms in total. The van der Waals surface area contributed by atoms with Crippen molar-refractivity contribution in [2.75, 3.05) is 0 Å². The van der Waals surface area contributed by atoms with Crippen molar-refractivity contribution in [3.8, 4) is 0 Å². The molecule has 170 valence electrons. The molecule has 1 aromatic heterocycles. The first-order chi connectivity index (χ1) is 15.2. The second-order valence-electron chi connectivity index (χ2n) is 9.76. The summed E-state index contributed by atoms with van der Waals surface area (Å²) in [5, 5.41) is 1.58. The zero-order valence-electron chi connectivity index (χ0n) is 20.2. The van der Waals surface area contributed by atoms with E-state index in [0.29, 0.717) is 14.5 Å². The zero-order chi connectivity index (χ0) is 21.9. The second-order valence-corrected chi connectivity index (χ2v) is 12.0. The van der Waals surface area contributed by atoms with E-state index in [4.69, 9.17) is 0 Å². The third-order valence-corrected chi connectivity index (χ3v) is 9.65. The van der Waals surface area contributed by atoms with Gasteiger partial charge in [-0.05, 0) is 0 Å². The number of hydrogen-bond acceptors (Lipinski definition) is 0. The van der Waals surface area contributed by atoms with E-state index in [1.165, 1.54) is 96.3 Å². The van der Waals surface area contributed by atoms with Crippen molar-refractivity contribution in [3.63, 3.8) is 0 Å². The van der Waals surface area contributed by atoms with E-state index in [1.807, 2.05) is 0 Å². The summed E-state index contributed by atoms with van der Waals surface area (Å²) in [6, 6.07) is 7.40. The maximum absolute atomic E-state index is 4.27. The van der Waals surface area contributed by atoms with Crippen LogP contribution in [0.15, 0.2) is 36.9 Å². The van der Waals surface area contributed by atoms with E-state index in [-0.39, 0.29) is 5.41 Å². The van der Waals surface area contributed by atoms with Gasteiger partial charge in [0.1, 0.15) is 0 Å². The van der Waals surface area contributed by atoms with E-state index in [0.717, 1.165) is 0 Å². The van der Waals surface area contributed by atoms with Crippen molar-refractivity contribution in [2.45, 2.75) is 110 Å². The molecule has 1 aliphatic rings. The van der Waals surface area contributed by atoms with Gasteiger partial charge in [0, 0.05) is 0 Å². The van der Waals surface area contributed by atoms with E-state index < -0.39 is 0 Å². The average molecular weight is 484 g/mol. The second kappa shape index (κ2) is 12.9. The van der Waals surface area contributed by atoms with Crippen molar-refractivity contribution in [3.05, 3.63) is 52.5 Å². The Morgan fingerprint density at radius 2 is 1.58 bits per heavy atom. The van der Waals surface area contributed by atoms with Crippen molar-refractivity contribution in [1.29, 1.82) is 0 Å². The minimum atomic E-state index is 0.177. The fourth-order valence-electron chi connectivity index (χ4n) is 5.07. The van der Waals surface area contributed by atoms with Gasteiger partial charge in [0.2, 0.25) is 0 Å². The van der Waals surface area contributed by atoms with Gasteiger partial charge in [-0.2, -0.15) is 0 Å². The molecular formula is C30H44Se. The standard InChI is InChI=1S/C30H44Se/c1-4-7-9-11-13-15-17-25-18-19-28-26(23-25)27-24-30(6-3,22-20-29(27)31-28)21-16-14-12-10-8-5-2/h6,18-20,22-23H,3-5,7-17,21,24H2,1-2H3. The Kier molecular flexibility index (Phi) is 10.2. The fraction of sp³-hybridized carbons (Fsp3) is 0.600. The van der Waals surface area contributed by atoms with Crippen LogP contribution in [0.4, 0.5) is 0 Å². The Morgan fingerprint density at radius 3 is 2.29 bits per heavy atom. The number of aryl methyl sites for hydroxylation is 1. The van der Waals surface area contributed by atoms with Gasteiger partial charge in [-0.15, -0.1) is 0 Å². The van der Waals surface area contributed by atoms with E-state index in [9.17, 15) is 0 Å². The van der Waals surface area contributed by atoms with Crippen LogP contribution in [-0.4, -0.2) is 14.5 Å². The molecule has 0 fully saturated rings. The van der Waals surface area contributed by atoms with Crippen LogP contribution in [0.3, 0.4) is 0 Å². The van der Waals surface area contributed by atoms with Crippen molar-refractivity contribution >= 4 is 30.2 Å². The molecule has 2 aromatic rings. The Bertz CT molecular complexity index is 839. The first-order valence-corrected chi connectivity index (χ1v) is 14.8. The van der Waals surface area contributed by atoms with Crippen molar-refractivity contribution in [1.82, 2.24) is 0 Å². The van der Waals surface area contributed by atoms with Crippen LogP contribution in [0, 0.1) is 5.41 Å². The molecule has 31 heavy (non-hydrogen) atoms. The SMILES string of the molecule is C=CC1(CCCCCCCC)C=Cc2[se]c3ccc(CCCCCCCC)cc3c2C1. The Hall–Kier alpha value is -1.04. The van der Waals surface area contributed by atoms with Crippen LogP contribution >= 0.6 is 0 Å². The summed E-state index contributed by atoms with van der Waals surface area (Å²) in [7, 11) is 0. The molecule has 0 radical (unpaired) electrons. The number of fused-ring (bicyclic) bond motifs is 3. The number of benzene rings is 1. The van der Waals surface area contributed by atoms with Crippen LogP contribution in [-0.2, 0) is 12.8 Å². The van der Waals surface area contributed by atoms with Gasteiger partial charge in [-0.3, -0.25) is 0 Å². The summed E-state index contributed by atoms with van der Waals surface area (Å²) < 4.78 is 3.23. The van der Waals surface area contributed by atoms with Crippen LogP contribution in [0.25, 0.3) is 15.7 Å². The molecule has 1 aliphatic carbocycles. The molecule has 3 rings (SSSR count). The van der Waals surface area contributed by atoms with Crippen LogP contribution in [0.1, 0.15) is 113 Å². The molecule has 0 spiro atoms. The Morgan fingerprint density at radius 1 is 0.903 bits per heavy atom. The topological polar surface area (TPSA) is 0 Å². The predicted octanol–water partition coefficient (Wildman–Crippen LogP) is 9.29. The van der Waals surface area contributed by atoms with Crippen LogP contribution in [0.5, 0.6) is 0 Å². The summed E-state index contributed by atoms with van der Waals surface area (Å²) in [5.74, 6) is 0. The van der Waals surface area contributed by atoms with Gasteiger partial charge >= 0.3 is 198 Å². The van der Waals surface area contributed by atoms with Crippen LogP contribution in [0.2, 0.25) is 0 Å². The molecule has 1 heterocycles. The van der Waals surface area contributed by atoms with Gasteiger partial charge in [0.05, 0.1) is 0 Å². The first kappa shape index (κ1) is 24.6. The molecule has 1 heteroatoms. The molecule has 0 aliphatic heterocycles. The average Bonchev–Trinajstić information content (AvgIpc) is 3.15. The first-order valence-electron chi connectivity index (χ1n) is 13.1. The summed E-state index contributed by atoms with van der Waals surface area (Å²) in [5.41, 5.74) is 3.37. The molecule has 0 bridgehead atoms. The van der Waals surface area contributed by atoms with E-state index in [1.54, 1.807) is 25.2 Å². The molecule has 0 amide bonds. The molecule has 0 saturated heterocycles. The summed E-state index contributed by atoms with van der Waals surface area (Å²) in [6.07, 6.45) is 27.4. The number of rotatable bonds is 15. The van der Waals surface area contributed by atoms with E-state index >= 15 is 0 Å². The maximum atomic E-state index is 4.27. The normalized spacial score (nSPS) is 17.9. The van der Waals surface area contributed by atoms with Gasteiger partial charge in [-0.25, -0.2) is 0 Å².